The van der Waals surface area contributed by atoms with Gasteiger partial charge < -0.3 is 14.4 Å². The van der Waals surface area contributed by atoms with Gasteiger partial charge in [0.2, 0.25) is 0 Å². The monoisotopic (exact) mass is 255 g/mol. The predicted octanol–water partition coefficient (Wildman–Crippen LogP) is 0.0614. The maximum absolute atomic E-state index is 12.1. The molecule has 0 spiro atoms. The Bertz CT molecular complexity index is 378. The number of H-pyrrole nitrogens is 1. The Labute approximate surface area is 105 Å². The highest BCUT2D eigenvalue weighted by atomic mass is 16.5. The molecule has 0 aliphatic heterocycles. The summed E-state index contributed by atoms with van der Waals surface area (Å²) in [6, 6.07) is 0. The predicted molar refractivity (Wildman–Crippen MR) is 63.0 cm³/mol. The van der Waals surface area contributed by atoms with E-state index < -0.39 is 5.97 Å². The first kappa shape index (κ1) is 14.2. The van der Waals surface area contributed by atoms with E-state index >= 15 is 0 Å². The lowest BCUT2D eigenvalue weighted by Gasteiger charge is -2.20. The van der Waals surface area contributed by atoms with Gasteiger partial charge in [0.05, 0.1) is 25.0 Å². The van der Waals surface area contributed by atoms with Crippen molar-refractivity contribution < 1.29 is 19.1 Å². The van der Waals surface area contributed by atoms with Crippen molar-refractivity contribution in [2.24, 2.45) is 0 Å². The Morgan fingerprint density at radius 3 is 2.83 bits per heavy atom. The summed E-state index contributed by atoms with van der Waals surface area (Å²) < 4.78 is 9.73. The fraction of sp³-hybridized carbons (Fsp3) is 0.545. The molecule has 0 bridgehead atoms. The van der Waals surface area contributed by atoms with Gasteiger partial charge in [0.25, 0.3) is 5.91 Å². The lowest BCUT2D eigenvalue weighted by molar-refractivity contribution is -0.143. The van der Waals surface area contributed by atoms with Gasteiger partial charge in [-0.1, -0.05) is 0 Å². The molecule has 1 heterocycles. The van der Waals surface area contributed by atoms with E-state index in [1.165, 1.54) is 24.4 Å². The number of esters is 1. The molecule has 1 amide bonds. The van der Waals surface area contributed by atoms with Crippen LogP contribution in [0, 0.1) is 0 Å². The van der Waals surface area contributed by atoms with E-state index in [0.717, 1.165) is 0 Å². The number of nitrogens with one attached hydrogen (secondary N) is 1. The molecular formula is C11H17N3O4. The molecule has 7 heteroatoms. The summed E-state index contributed by atoms with van der Waals surface area (Å²) in [4.78, 5) is 24.8. The number of methoxy groups -OCH3 is 1. The highest BCUT2D eigenvalue weighted by Gasteiger charge is 2.19. The Balaban J connectivity index is 2.65. The minimum Gasteiger partial charge on any atom is -0.465 e. The number of hydrogen-bond acceptors (Lipinski definition) is 5. The minimum absolute atomic E-state index is 0.0960. The average molecular weight is 255 g/mol. The van der Waals surface area contributed by atoms with Crippen LogP contribution in [-0.4, -0.2) is 60.4 Å². The second-order valence-corrected chi connectivity index (χ2v) is 3.51. The van der Waals surface area contributed by atoms with Crippen LogP contribution in [0.25, 0.3) is 0 Å². The van der Waals surface area contributed by atoms with Gasteiger partial charge in [-0.05, 0) is 6.92 Å². The van der Waals surface area contributed by atoms with Gasteiger partial charge in [-0.2, -0.15) is 5.10 Å². The molecule has 100 valence electrons. The fourth-order valence-electron chi connectivity index (χ4n) is 1.37. The number of rotatable bonds is 7. The third-order valence-electron chi connectivity index (χ3n) is 2.22. The van der Waals surface area contributed by atoms with Gasteiger partial charge in [0.15, 0.2) is 0 Å². The molecule has 0 fully saturated rings. The number of nitrogens with zero attached hydrogens (tertiary/aromatic N) is 2. The summed E-state index contributed by atoms with van der Waals surface area (Å²) in [5, 5.41) is 6.26. The summed E-state index contributed by atoms with van der Waals surface area (Å²) >= 11 is 0. The van der Waals surface area contributed by atoms with Crippen molar-refractivity contribution in [3.63, 3.8) is 0 Å². The SMILES string of the molecule is CCOC(=O)CN(CCOC)C(=O)c1cn[nH]c1. The zero-order chi connectivity index (χ0) is 13.4. The second-order valence-electron chi connectivity index (χ2n) is 3.51. The number of carbonyl (C=O) groups is 2. The van der Waals surface area contributed by atoms with E-state index in [0.29, 0.717) is 18.7 Å². The molecule has 0 aliphatic rings. The third-order valence-corrected chi connectivity index (χ3v) is 2.22. The first-order chi connectivity index (χ1) is 8.69. The van der Waals surface area contributed by atoms with E-state index in [4.69, 9.17) is 9.47 Å². The molecule has 18 heavy (non-hydrogen) atoms. The van der Waals surface area contributed by atoms with Crippen LogP contribution in [0.4, 0.5) is 0 Å². The van der Waals surface area contributed by atoms with Crippen LogP contribution >= 0.6 is 0 Å². The molecule has 0 aliphatic carbocycles. The van der Waals surface area contributed by atoms with Gasteiger partial charge >= 0.3 is 5.97 Å². The molecule has 1 N–H and O–H groups in total. The summed E-state index contributed by atoms with van der Waals surface area (Å²) in [6.07, 6.45) is 2.89. The summed E-state index contributed by atoms with van der Waals surface area (Å²) in [5.41, 5.74) is 0.399. The molecule has 7 nitrogen and oxygen atoms in total. The summed E-state index contributed by atoms with van der Waals surface area (Å²) in [6.45, 7) is 2.58. The maximum Gasteiger partial charge on any atom is 0.325 e. The second kappa shape index (κ2) is 7.44. The minimum atomic E-state index is -0.439. The van der Waals surface area contributed by atoms with Crippen molar-refractivity contribution in [1.82, 2.24) is 15.1 Å². The van der Waals surface area contributed by atoms with Crippen LogP contribution in [0.2, 0.25) is 0 Å². The van der Waals surface area contributed by atoms with Crippen molar-refractivity contribution >= 4 is 11.9 Å². The quantitative estimate of drug-likeness (QED) is 0.696. The molecule has 0 unspecified atom stereocenters. The van der Waals surface area contributed by atoms with E-state index in [1.54, 1.807) is 6.92 Å². The molecule has 0 radical (unpaired) electrons. The van der Waals surface area contributed by atoms with E-state index in [1.807, 2.05) is 0 Å². The molecule has 0 saturated carbocycles. The van der Waals surface area contributed by atoms with Crippen LogP contribution in [0.3, 0.4) is 0 Å². The summed E-state index contributed by atoms with van der Waals surface area (Å²) in [7, 11) is 1.53. The van der Waals surface area contributed by atoms with Crippen molar-refractivity contribution in [3.05, 3.63) is 18.0 Å². The highest BCUT2D eigenvalue weighted by molar-refractivity contribution is 5.95. The Hall–Kier alpha value is -1.89. The van der Waals surface area contributed by atoms with Gasteiger partial charge in [0.1, 0.15) is 6.54 Å². The Morgan fingerprint density at radius 1 is 1.50 bits per heavy atom. The number of hydrogen-bond donors (Lipinski definition) is 1. The van der Waals surface area contributed by atoms with Crippen LogP contribution in [-0.2, 0) is 14.3 Å². The lowest BCUT2D eigenvalue weighted by Crippen LogP contribution is -2.38. The zero-order valence-electron chi connectivity index (χ0n) is 10.5. The number of amides is 1. The molecule has 1 rings (SSSR count). The van der Waals surface area contributed by atoms with Crippen LogP contribution in [0.1, 0.15) is 17.3 Å². The maximum atomic E-state index is 12.1. The number of aromatic amines is 1. The molecule has 0 aromatic carbocycles. The molecule has 1 aromatic rings. The number of carbonyl (C=O) groups excluding carboxylic acids is 2. The van der Waals surface area contributed by atoms with E-state index in [9.17, 15) is 9.59 Å². The van der Waals surface area contributed by atoms with Gasteiger partial charge in [-0.3, -0.25) is 14.7 Å². The topological polar surface area (TPSA) is 84.5 Å². The summed E-state index contributed by atoms with van der Waals surface area (Å²) in [5.74, 6) is -0.723. The first-order valence-corrected chi connectivity index (χ1v) is 5.61. The van der Waals surface area contributed by atoms with Crippen LogP contribution in [0.5, 0.6) is 0 Å². The molecular weight excluding hydrogens is 238 g/mol. The van der Waals surface area contributed by atoms with Crippen molar-refractivity contribution in [2.45, 2.75) is 6.92 Å². The molecule has 0 atom stereocenters. The Morgan fingerprint density at radius 2 is 2.28 bits per heavy atom. The standard InChI is InChI=1S/C11H17N3O4/c1-3-18-10(15)8-14(4-5-17-2)11(16)9-6-12-13-7-9/h6-7H,3-5,8H2,1-2H3,(H,12,13). The van der Waals surface area contributed by atoms with Crippen LogP contribution in [0.15, 0.2) is 12.4 Å². The lowest BCUT2D eigenvalue weighted by atomic mass is 10.3. The van der Waals surface area contributed by atoms with Gasteiger partial charge in [-0.15, -0.1) is 0 Å². The van der Waals surface area contributed by atoms with Gasteiger partial charge in [0, 0.05) is 19.9 Å². The average Bonchev–Trinajstić information content (AvgIpc) is 2.87. The fourth-order valence-corrected chi connectivity index (χ4v) is 1.37. The highest BCUT2D eigenvalue weighted by Crippen LogP contribution is 2.02. The first-order valence-electron chi connectivity index (χ1n) is 5.61. The smallest absolute Gasteiger partial charge is 0.325 e. The zero-order valence-corrected chi connectivity index (χ0v) is 10.5. The molecule has 0 saturated heterocycles. The van der Waals surface area contributed by atoms with Crippen molar-refractivity contribution in [3.8, 4) is 0 Å². The largest absolute Gasteiger partial charge is 0.465 e. The van der Waals surface area contributed by atoms with E-state index in [2.05, 4.69) is 10.2 Å². The van der Waals surface area contributed by atoms with E-state index in [-0.39, 0.29) is 19.1 Å². The van der Waals surface area contributed by atoms with Crippen molar-refractivity contribution in [1.29, 1.82) is 0 Å². The Kier molecular flexibility index (Phi) is 5.86. The van der Waals surface area contributed by atoms with Crippen LogP contribution < -0.4 is 0 Å². The normalized spacial score (nSPS) is 10.1. The molecule has 1 aromatic heterocycles. The third kappa shape index (κ3) is 4.17. The van der Waals surface area contributed by atoms with Gasteiger partial charge in [-0.25, -0.2) is 0 Å². The van der Waals surface area contributed by atoms with Crippen molar-refractivity contribution in [2.75, 3.05) is 33.4 Å². The number of ether oxygens (including phenoxy) is 2. The number of aromatic nitrogens is 2.